The van der Waals surface area contributed by atoms with Crippen LogP contribution in [0.3, 0.4) is 0 Å². The monoisotopic (exact) mass is 220 g/mol. The Labute approximate surface area is 94.5 Å². The van der Waals surface area contributed by atoms with Crippen LogP contribution in [0.1, 0.15) is 28.8 Å². The number of rotatable bonds is 3. The van der Waals surface area contributed by atoms with Crippen LogP contribution >= 0.6 is 0 Å². The summed E-state index contributed by atoms with van der Waals surface area (Å²) < 4.78 is 0. The lowest BCUT2D eigenvalue weighted by Gasteiger charge is -2.34. The van der Waals surface area contributed by atoms with Gasteiger partial charge in [-0.1, -0.05) is 6.07 Å². The highest BCUT2D eigenvalue weighted by Gasteiger charge is 2.26. The standard InChI is InChI=1S/C12H16N2O2/c1-7-10(12(15)16)3-2-4-11(7)14-9-5-8(13)6-9/h2-4,8-9,14H,5-6,13H2,1H3,(H,15,16). The van der Waals surface area contributed by atoms with Crippen molar-refractivity contribution in [1.29, 1.82) is 0 Å². The van der Waals surface area contributed by atoms with Gasteiger partial charge in [-0.05, 0) is 37.5 Å². The summed E-state index contributed by atoms with van der Waals surface area (Å²) in [5.74, 6) is -0.883. The molecule has 0 atom stereocenters. The molecular weight excluding hydrogens is 204 g/mol. The fraction of sp³-hybridized carbons (Fsp3) is 0.417. The van der Waals surface area contributed by atoms with Gasteiger partial charge in [0, 0.05) is 17.8 Å². The molecule has 0 aliphatic heterocycles. The zero-order valence-electron chi connectivity index (χ0n) is 9.23. The first-order valence-corrected chi connectivity index (χ1v) is 5.43. The minimum absolute atomic E-state index is 0.292. The topological polar surface area (TPSA) is 75.3 Å². The number of anilines is 1. The molecule has 0 unspecified atom stereocenters. The van der Waals surface area contributed by atoms with Gasteiger partial charge in [0.05, 0.1) is 5.56 Å². The number of carbonyl (C=O) groups is 1. The van der Waals surface area contributed by atoms with Gasteiger partial charge >= 0.3 is 5.97 Å². The summed E-state index contributed by atoms with van der Waals surface area (Å²) in [6.45, 7) is 1.82. The number of carboxylic acids is 1. The van der Waals surface area contributed by atoms with E-state index in [9.17, 15) is 4.79 Å². The number of carboxylic acid groups (broad SMARTS) is 1. The van der Waals surface area contributed by atoms with E-state index in [-0.39, 0.29) is 0 Å². The van der Waals surface area contributed by atoms with Crippen molar-refractivity contribution in [1.82, 2.24) is 0 Å². The molecule has 0 bridgehead atoms. The summed E-state index contributed by atoms with van der Waals surface area (Å²) in [6, 6.07) is 5.97. The molecule has 2 rings (SSSR count). The highest BCUT2D eigenvalue weighted by Crippen LogP contribution is 2.26. The quantitative estimate of drug-likeness (QED) is 0.723. The Morgan fingerprint density at radius 1 is 1.50 bits per heavy atom. The van der Waals surface area contributed by atoms with Gasteiger partial charge in [-0.2, -0.15) is 0 Å². The van der Waals surface area contributed by atoms with E-state index >= 15 is 0 Å². The van der Waals surface area contributed by atoms with Crippen molar-refractivity contribution in [2.24, 2.45) is 5.73 Å². The van der Waals surface area contributed by atoms with Crippen molar-refractivity contribution >= 4 is 11.7 Å². The number of benzene rings is 1. The molecular formula is C12H16N2O2. The van der Waals surface area contributed by atoms with Gasteiger partial charge in [-0.15, -0.1) is 0 Å². The van der Waals surface area contributed by atoms with Gasteiger partial charge in [-0.25, -0.2) is 4.79 Å². The lowest BCUT2D eigenvalue weighted by Crippen LogP contribution is -2.44. The number of nitrogens with two attached hydrogens (primary N) is 1. The largest absolute Gasteiger partial charge is 0.478 e. The fourth-order valence-corrected chi connectivity index (χ4v) is 2.02. The minimum atomic E-state index is -0.883. The first-order chi connectivity index (χ1) is 7.58. The Kier molecular flexibility index (Phi) is 2.83. The molecule has 1 saturated carbocycles. The fourth-order valence-electron chi connectivity index (χ4n) is 2.02. The van der Waals surface area contributed by atoms with E-state index in [1.165, 1.54) is 0 Å². The number of hydrogen-bond acceptors (Lipinski definition) is 3. The Morgan fingerprint density at radius 2 is 2.19 bits per heavy atom. The highest BCUT2D eigenvalue weighted by atomic mass is 16.4. The van der Waals surface area contributed by atoms with Gasteiger partial charge in [-0.3, -0.25) is 0 Å². The van der Waals surface area contributed by atoms with Crippen LogP contribution in [-0.2, 0) is 0 Å². The van der Waals surface area contributed by atoms with Gasteiger partial charge in [0.2, 0.25) is 0 Å². The normalized spacial score (nSPS) is 23.6. The Hall–Kier alpha value is -1.55. The van der Waals surface area contributed by atoms with Crippen molar-refractivity contribution < 1.29 is 9.90 Å². The van der Waals surface area contributed by atoms with Gasteiger partial charge in [0.25, 0.3) is 0 Å². The lowest BCUT2D eigenvalue weighted by molar-refractivity contribution is 0.0696. The van der Waals surface area contributed by atoms with Gasteiger partial charge in [0.15, 0.2) is 0 Å². The second-order valence-corrected chi connectivity index (χ2v) is 4.36. The average molecular weight is 220 g/mol. The first-order valence-electron chi connectivity index (χ1n) is 5.43. The predicted molar refractivity (Wildman–Crippen MR) is 62.8 cm³/mol. The second-order valence-electron chi connectivity index (χ2n) is 4.36. The first kappa shape index (κ1) is 11.0. The van der Waals surface area contributed by atoms with E-state index in [1.54, 1.807) is 12.1 Å². The third kappa shape index (κ3) is 2.02. The Morgan fingerprint density at radius 3 is 2.75 bits per heavy atom. The van der Waals surface area contributed by atoms with E-state index in [0.717, 1.165) is 24.1 Å². The van der Waals surface area contributed by atoms with Crippen molar-refractivity contribution in [3.8, 4) is 0 Å². The van der Waals surface area contributed by atoms with Crippen LogP contribution in [0.2, 0.25) is 0 Å². The second kappa shape index (κ2) is 4.14. The van der Waals surface area contributed by atoms with Crippen LogP contribution in [-0.4, -0.2) is 23.2 Å². The maximum Gasteiger partial charge on any atom is 0.336 e. The van der Waals surface area contributed by atoms with E-state index < -0.39 is 5.97 Å². The molecule has 0 saturated heterocycles. The molecule has 1 fully saturated rings. The zero-order valence-corrected chi connectivity index (χ0v) is 9.23. The third-order valence-electron chi connectivity index (χ3n) is 3.10. The number of hydrogen-bond donors (Lipinski definition) is 3. The molecule has 1 aromatic carbocycles. The van der Waals surface area contributed by atoms with E-state index in [1.807, 2.05) is 13.0 Å². The van der Waals surface area contributed by atoms with Crippen molar-refractivity contribution in [2.45, 2.75) is 31.8 Å². The summed E-state index contributed by atoms with van der Waals surface area (Å²) in [5, 5.41) is 12.3. The van der Waals surface area contributed by atoms with E-state index in [0.29, 0.717) is 17.6 Å². The molecule has 86 valence electrons. The molecule has 0 spiro atoms. The summed E-state index contributed by atoms with van der Waals surface area (Å²) in [6.07, 6.45) is 1.91. The number of nitrogens with one attached hydrogen (secondary N) is 1. The summed E-state index contributed by atoms with van der Waals surface area (Å²) in [4.78, 5) is 10.9. The molecule has 4 N–H and O–H groups in total. The van der Waals surface area contributed by atoms with Crippen LogP contribution < -0.4 is 11.1 Å². The molecule has 1 aromatic rings. The lowest BCUT2D eigenvalue weighted by atomic mass is 9.87. The maximum absolute atomic E-state index is 10.9. The molecule has 1 aliphatic rings. The molecule has 0 aromatic heterocycles. The third-order valence-corrected chi connectivity index (χ3v) is 3.10. The SMILES string of the molecule is Cc1c(NC2CC(N)C2)cccc1C(=O)O. The van der Waals surface area contributed by atoms with E-state index in [2.05, 4.69) is 5.32 Å². The molecule has 16 heavy (non-hydrogen) atoms. The van der Waals surface area contributed by atoms with Crippen molar-refractivity contribution in [3.63, 3.8) is 0 Å². The zero-order chi connectivity index (χ0) is 11.7. The Balaban J connectivity index is 2.15. The summed E-state index contributed by atoms with van der Waals surface area (Å²) in [7, 11) is 0. The van der Waals surface area contributed by atoms with Crippen LogP contribution in [0.4, 0.5) is 5.69 Å². The maximum atomic E-state index is 10.9. The minimum Gasteiger partial charge on any atom is -0.478 e. The molecule has 0 amide bonds. The van der Waals surface area contributed by atoms with Crippen LogP contribution in [0, 0.1) is 6.92 Å². The van der Waals surface area contributed by atoms with Crippen LogP contribution in [0.25, 0.3) is 0 Å². The van der Waals surface area contributed by atoms with Crippen LogP contribution in [0.15, 0.2) is 18.2 Å². The number of aromatic carboxylic acids is 1. The van der Waals surface area contributed by atoms with Crippen molar-refractivity contribution in [2.75, 3.05) is 5.32 Å². The van der Waals surface area contributed by atoms with E-state index in [4.69, 9.17) is 10.8 Å². The highest BCUT2D eigenvalue weighted by molar-refractivity contribution is 5.91. The molecule has 0 radical (unpaired) electrons. The van der Waals surface area contributed by atoms with Gasteiger partial charge in [0.1, 0.15) is 0 Å². The van der Waals surface area contributed by atoms with Gasteiger partial charge < -0.3 is 16.2 Å². The predicted octanol–water partition coefficient (Wildman–Crippen LogP) is 1.59. The van der Waals surface area contributed by atoms with Crippen LogP contribution in [0.5, 0.6) is 0 Å². The summed E-state index contributed by atoms with van der Waals surface area (Å²) >= 11 is 0. The average Bonchev–Trinajstić information content (AvgIpc) is 2.18. The molecule has 4 nitrogen and oxygen atoms in total. The smallest absolute Gasteiger partial charge is 0.336 e. The molecule has 1 aliphatic carbocycles. The molecule has 4 heteroatoms. The van der Waals surface area contributed by atoms with Crippen molar-refractivity contribution in [3.05, 3.63) is 29.3 Å². The molecule has 0 heterocycles. The summed E-state index contributed by atoms with van der Waals surface area (Å²) in [5.41, 5.74) is 7.75. The Bertz CT molecular complexity index is 411.